The van der Waals surface area contributed by atoms with Gasteiger partial charge in [-0.3, -0.25) is 9.59 Å². The Hall–Kier alpha value is -2.96. The number of amides is 2. The topological polar surface area (TPSA) is 64.0 Å². The number of rotatable bonds is 3. The highest BCUT2D eigenvalue weighted by Crippen LogP contribution is 2.31. The minimum absolute atomic E-state index is 0.0840. The first-order valence-electron chi connectivity index (χ1n) is 9.60. The van der Waals surface area contributed by atoms with Crippen molar-refractivity contribution in [1.82, 2.24) is 14.4 Å². The van der Waals surface area contributed by atoms with Crippen LogP contribution in [-0.2, 0) is 16.1 Å². The Kier molecular flexibility index (Phi) is 4.98. The molecule has 1 saturated heterocycles. The lowest BCUT2D eigenvalue weighted by Gasteiger charge is -2.37. The minimum Gasteiger partial charge on any atom is -0.485 e. The van der Waals surface area contributed by atoms with Crippen LogP contribution in [0.1, 0.15) is 11.4 Å². The number of para-hydroxylation sites is 2. The summed E-state index contributed by atoms with van der Waals surface area (Å²) in [4.78, 5) is 29.0. The van der Waals surface area contributed by atoms with Crippen LogP contribution in [0, 0.1) is 13.8 Å². The lowest BCUT2D eigenvalue weighted by atomic mass is 10.2. The summed E-state index contributed by atoms with van der Waals surface area (Å²) < 4.78 is 13.5. The number of aryl methyl sites for hydroxylation is 2. The Bertz CT molecular complexity index is 864. The Labute approximate surface area is 164 Å². The van der Waals surface area contributed by atoms with Crippen molar-refractivity contribution in [2.24, 2.45) is 0 Å². The molecular weight excluding hydrogens is 358 g/mol. The van der Waals surface area contributed by atoms with Gasteiger partial charge < -0.3 is 23.8 Å². The van der Waals surface area contributed by atoms with Gasteiger partial charge in [-0.15, -0.1) is 0 Å². The van der Waals surface area contributed by atoms with Crippen molar-refractivity contribution >= 4 is 11.8 Å². The minimum atomic E-state index is -0.637. The van der Waals surface area contributed by atoms with E-state index in [-0.39, 0.29) is 18.4 Å². The number of aromatic nitrogens is 1. The van der Waals surface area contributed by atoms with Gasteiger partial charge in [0.2, 0.25) is 12.0 Å². The van der Waals surface area contributed by atoms with Gasteiger partial charge in [-0.1, -0.05) is 12.1 Å². The third-order valence-electron chi connectivity index (χ3n) is 5.44. The molecule has 3 heterocycles. The molecule has 1 aromatic carbocycles. The molecule has 7 nitrogen and oxygen atoms in total. The first-order valence-corrected chi connectivity index (χ1v) is 9.60. The number of hydrogen-bond donors (Lipinski definition) is 0. The third kappa shape index (κ3) is 3.56. The molecule has 2 amide bonds. The molecule has 7 heteroatoms. The Morgan fingerprint density at radius 3 is 2.21 bits per heavy atom. The summed E-state index contributed by atoms with van der Waals surface area (Å²) in [6.45, 7) is 6.65. The predicted molar refractivity (Wildman–Crippen MR) is 103 cm³/mol. The molecule has 0 aliphatic carbocycles. The summed E-state index contributed by atoms with van der Waals surface area (Å²) in [6.07, 6.45) is -0.637. The summed E-state index contributed by atoms with van der Waals surface area (Å²) >= 11 is 0. The standard InChI is InChI=1S/C21H25N3O4/c1-15-7-8-16(2)24(15)13-20(25)22-9-11-23(12-10-22)21(26)19-14-27-17-5-3-4-6-18(17)28-19/h3-8,19H,9-14H2,1-2H3/t19-/m0/s1. The number of piperazine rings is 1. The maximum Gasteiger partial charge on any atom is 0.267 e. The first-order chi connectivity index (χ1) is 13.5. The van der Waals surface area contributed by atoms with Gasteiger partial charge in [-0.25, -0.2) is 0 Å². The number of ether oxygens (including phenoxy) is 2. The molecule has 0 unspecified atom stereocenters. The fourth-order valence-electron chi connectivity index (χ4n) is 3.71. The Morgan fingerprint density at radius 1 is 0.929 bits per heavy atom. The Morgan fingerprint density at radius 2 is 1.54 bits per heavy atom. The highest BCUT2D eigenvalue weighted by molar-refractivity contribution is 5.82. The van der Waals surface area contributed by atoms with Gasteiger partial charge in [-0.2, -0.15) is 0 Å². The van der Waals surface area contributed by atoms with Crippen molar-refractivity contribution < 1.29 is 19.1 Å². The number of benzene rings is 1. The first kappa shape index (κ1) is 18.4. The molecule has 1 aromatic heterocycles. The van der Waals surface area contributed by atoms with Crippen molar-refractivity contribution in [1.29, 1.82) is 0 Å². The number of carbonyl (C=O) groups excluding carboxylic acids is 2. The van der Waals surface area contributed by atoms with E-state index in [0.29, 0.717) is 44.2 Å². The van der Waals surface area contributed by atoms with Gasteiger partial charge in [0.1, 0.15) is 13.2 Å². The lowest BCUT2D eigenvalue weighted by molar-refractivity contribution is -0.146. The van der Waals surface area contributed by atoms with Crippen LogP contribution < -0.4 is 9.47 Å². The summed E-state index contributed by atoms with van der Waals surface area (Å²) in [5.74, 6) is 1.26. The quantitative estimate of drug-likeness (QED) is 0.808. The predicted octanol–water partition coefficient (Wildman–Crippen LogP) is 1.62. The van der Waals surface area contributed by atoms with E-state index < -0.39 is 6.10 Å². The summed E-state index contributed by atoms with van der Waals surface area (Å²) in [5.41, 5.74) is 2.16. The highest BCUT2D eigenvalue weighted by atomic mass is 16.6. The monoisotopic (exact) mass is 383 g/mol. The summed E-state index contributed by atoms with van der Waals surface area (Å²) in [7, 11) is 0. The maximum absolute atomic E-state index is 12.8. The van der Waals surface area contributed by atoms with Gasteiger partial charge in [0.25, 0.3) is 5.91 Å². The fourth-order valence-corrected chi connectivity index (χ4v) is 3.71. The average Bonchev–Trinajstić information content (AvgIpc) is 3.05. The van der Waals surface area contributed by atoms with Crippen molar-refractivity contribution in [2.45, 2.75) is 26.5 Å². The van der Waals surface area contributed by atoms with Gasteiger partial charge in [0.05, 0.1) is 0 Å². The molecule has 4 rings (SSSR count). The van der Waals surface area contributed by atoms with E-state index >= 15 is 0 Å². The summed E-state index contributed by atoms with van der Waals surface area (Å²) in [5, 5.41) is 0. The second kappa shape index (κ2) is 7.58. The SMILES string of the molecule is Cc1ccc(C)n1CC(=O)N1CCN(C(=O)[C@@H]2COc3ccccc3O2)CC1. The summed E-state index contributed by atoms with van der Waals surface area (Å²) in [6, 6.07) is 11.4. The molecule has 1 fully saturated rings. The highest BCUT2D eigenvalue weighted by Gasteiger charge is 2.33. The van der Waals surface area contributed by atoms with Gasteiger partial charge in [0.15, 0.2) is 11.5 Å². The second-order valence-corrected chi connectivity index (χ2v) is 7.27. The zero-order chi connectivity index (χ0) is 19.7. The van der Waals surface area contributed by atoms with Crippen molar-refractivity contribution in [3.05, 3.63) is 47.8 Å². The van der Waals surface area contributed by atoms with Crippen LogP contribution in [0.15, 0.2) is 36.4 Å². The van der Waals surface area contributed by atoms with E-state index in [9.17, 15) is 9.59 Å². The smallest absolute Gasteiger partial charge is 0.267 e. The van der Waals surface area contributed by atoms with Crippen molar-refractivity contribution in [3.8, 4) is 11.5 Å². The molecule has 28 heavy (non-hydrogen) atoms. The molecular formula is C21H25N3O4. The molecule has 2 aliphatic rings. The number of carbonyl (C=O) groups is 2. The van der Waals surface area contributed by atoms with Crippen LogP contribution >= 0.6 is 0 Å². The van der Waals surface area contributed by atoms with E-state index in [2.05, 4.69) is 0 Å². The normalized spacial score (nSPS) is 18.9. The zero-order valence-electron chi connectivity index (χ0n) is 16.3. The van der Waals surface area contributed by atoms with Crippen molar-refractivity contribution in [3.63, 3.8) is 0 Å². The molecule has 2 aliphatic heterocycles. The van der Waals surface area contributed by atoms with Gasteiger partial charge in [-0.05, 0) is 38.1 Å². The molecule has 1 atom stereocenters. The molecule has 2 aromatic rings. The van der Waals surface area contributed by atoms with Crippen molar-refractivity contribution in [2.75, 3.05) is 32.8 Å². The molecule has 0 radical (unpaired) electrons. The number of fused-ring (bicyclic) bond motifs is 1. The van der Waals surface area contributed by atoms with Gasteiger partial charge in [0, 0.05) is 37.6 Å². The molecule has 0 spiro atoms. The van der Waals surface area contributed by atoms with Crippen LogP contribution in [0.3, 0.4) is 0 Å². The van der Waals surface area contributed by atoms with Crippen LogP contribution in [0.5, 0.6) is 11.5 Å². The average molecular weight is 383 g/mol. The molecule has 148 valence electrons. The van der Waals surface area contributed by atoms with E-state index in [1.807, 2.05) is 53.6 Å². The third-order valence-corrected chi connectivity index (χ3v) is 5.44. The van der Waals surface area contributed by atoms with E-state index in [0.717, 1.165) is 11.4 Å². The molecule has 0 N–H and O–H groups in total. The van der Waals surface area contributed by atoms with Crippen LogP contribution in [0.4, 0.5) is 0 Å². The number of hydrogen-bond acceptors (Lipinski definition) is 4. The van der Waals surface area contributed by atoms with Crippen LogP contribution in [0.2, 0.25) is 0 Å². The van der Waals surface area contributed by atoms with Crippen LogP contribution in [-0.4, -0.2) is 65.1 Å². The fraction of sp³-hybridized carbons (Fsp3) is 0.429. The lowest BCUT2D eigenvalue weighted by Crippen LogP contribution is -2.55. The van der Waals surface area contributed by atoms with Crippen LogP contribution in [0.25, 0.3) is 0 Å². The molecule has 0 bridgehead atoms. The van der Waals surface area contributed by atoms with E-state index in [1.54, 1.807) is 11.0 Å². The van der Waals surface area contributed by atoms with E-state index in [4.69, 9.17) is 9.47 Å². The maximum atomic E-state index is 12.8. The second-order valence-electron chi connectivity index (χ2n) is 7.27. The van der Waals surface area contributed by atoms with E-state index in [1.165, 1.54) is 0 Å². The Balaban J connectivity index is 1.32. The van der Waals surface area contributed by atoms with Gasteiger partial charge >= 0.3 is 0 Å². The zero-order valence-corrected chi connectivity index (χ0v) is 16.3. The largest absolute Gasteiger partial charge is 0.485 e. The number of nitrogens with zero attached hydrogens (tertiary/aromatic N) is 3. The molecule has 0 saturated carbocycles.